The molecule has 2 heterocycles. The Bertz CT molecular complexity index is 796. The summed E-state index contributed by atoms with van der Waals surface area (Å²) in [6, 6.07) is 8.22. The van der Waals surface area contributed by atoms with Crippen molar-refractivity contribution in [2.24, 2.45) is 5.92 Å². The number of rotatable bonds is 7. The summed E-state index contributed by atoms with van der Waals surface area (Å²) < 4.78 is 5.46. The van der Waals surface area contributed by atoms with E-state index < -0.39 is 0 Å². The second-order valence-electron chi connectivity index (χ2n) is 7.58. The van der Waals surface area contributed by atoms with Crippen molar-refractivity contribution in [1.82, 2.24) is 19.8 Å². The monoisotopic (exact) mass is 382 g/mol. The molecule has 0 saturated carbocycles. The molecule has 6 heteroatoms. The van der Waals surface area contributed by atoms with Gasteiger partial charge in [-0.2, -0.15) is 0 Å². The van der Waals surface area contributed by atoms with Crippen molar-refractivity contribution in [3.05, 3.63) is 53.6 Å². The van der Waals surface area contributed by atoms with Crippen molar-refractivity contribution in [3.63, 3.8) is 0 Å². The first-order chi connectivity index (χ1) is 13.6. The zero-order valence-corrected chi connectivity index (χ0v) is 17.1. The zero-order valence-electron chi connectivity index (χ0n) is 17.1. The standard InChI is InChI=1S/C22H30N4O2/c1-17-20(13-23-16-24-17)22(27)25(2)14-18-7-6-11-26(15-18)12-10-19-8-4-5-9-21(19)28-3/h4-5,8-9,13,16,18H,6-7,10-12,14-15H2,1-3H3. The van der Waals surface area contributed by atoms with Crippen molar-refractivity contribution in [2.75, 3.05) is 40.3 Å². The highest BCUT2D eigenvalue weighted by Gasteiger charge is 2.24. The largest absolute Gasteiger partial charge is 0.496 e. The summed E-state index contributed by atoms with van der Waals surface area (Å²) in [6.07, 6.45) is 6.40. The van der Waals surface area contributed by atoms with Gasteiger partial charge in [-0.25, -0.2) is 9.97 Å². The molecular weight excluding hydrogens is 352 g/mol. The molecular formula is C22H30N4O2. The third-order valence-electron chi connectivity index (χ3n) is 5.51. The van der Waals surface area contributed by atoms with E-state index >= 15 is 0 Å². The van der Waals surface area contributed by atoms with Crippen LogP contribution < -0.4 is 4.74 Å². The van der Waals surface area contributed by atoms with Crippen LogP contribution in [0.4, 0.5) is 0 Å². The van der Waals surface area contributed by atoms with Crippen LogP contribution >= 0.6 is 0 Å². The van der Waals surface area contributed by atoms with Crippen LogP contribution in [0.25, 0.3) is 0 Å². The number of amides is 1. The maximum atomic E-state index is 12.7. The molecule has 0 N–H and O–H groups in total. The highest BCUT2D eigenvalue weighted by molar-refractivity contribution is 5.94. The van der Waals surface area contributed by atoms with Crippen LogP contribution in [0.1, 0.15) is 34.5 Å². The maximum Gasteiger partial charge on any atom is 0.257 e. The van der Waals surface area contributed by atoms with Gasteiger partial charge in [0, 0.05) is 32.9 Å². The molecule has 0 spiro atoms. The lowest BCUT2D eigenvalue weighted by Crippen LogP contribution is -2.42. The summed E-state index contributed by atoms with van der Waals surface area (Å²) in [5.41, 5.74) is 2.57. The molecule has 1 amide bonds. The number of ether oxygens (including phenoxy) is 1. The normalized spacial score (nSPS) is 17.3. The van der Waals surface area contributed by atoms with Crippen LogP contribution in [0.2, 0.25) is 0 Å². The number of benzene rings is 1. The predicted molar refractivity (Wildman–Crippen MR) is 110 cm³/mol. The second kappa shape index (κ2) is 9.64. The first-order valence-electron chi connectivity index (χ1n) is 9.94. The number of likely N-dealkylation sites (tertiary alicyclic amines) is 1. The fraction of sp³-hybridized carbons (Fsp3) is 0.500. The van der Waals surface area contributed by atoms with Gasteiger partial charge < -0.3 is 14.5 Å². The summed E-state index contributed by atoms with van der Waals surface area (Å²) in [7, 11) is 3.60. The lowest BCUT2D eigenvalue weighted by molar-refractivity contribution is 0.0728. The van der Waals surface area contributed by atoms with Crippen LogP contribution in [0.5, 0.6) is 5.75 Å². The number of aromatic nitrogens is 2. The van der Waals surface area contributed by atoms with Crippen LogP contribution in [0, 0.1) is 12.8 Å². The van der Waals surface area contributed by atoms with E-state index in [1.54, 1.807) is 13.3 Å². The molecule has 1 fully saturated rings. The SMILES string of the molecule is COc1ccccc1CCN1CCCC(CN(C)C(=O)c2cncnc2C)C1. The predicted octanol–water partition coefficient (Wildman–Crippen LogP) is 2.82. The lowest BCUT2D eigenvalue weighted by atomic mass is 9.96. The van der Waals surface area contributed by atoms with Crippen molar-refractivity contribution in [2.45, 2.75) is 26.2 Å². The first kappa shape index (κ1) is 20.3. The molecule has 0 bridgehead atoms. The minimum absolute atomic E-state index is 0.00393. The highest BCUT2D eigenvalue weighted by Crippen LogP contribution is 2.21. The molecule has 0 radical (unpaired) electrons. The van der Waals surface area contributed by atoms with Gasteiger partial charge in [0.15, 0.2) is 0 Å². The average Bonchev–Trinajstić information content (AvgIpc) is 2.72. The molecule has 1 aliphatic rings. The number of para-hydroxylation sites is 1. The third kappa shape index (κ3) is 5.07. The number of piperidine rings is 1. The Balaban J connectivity index is 1.53. The molecule has 1 aromatic carbocycles. The molecule has 0 aliphatic carbocycles. The van der Waals surface area contributed by atoms with E-state index in [0.29, 0.717) is 11.5 Å². The van der Waals surface area contributed by atoms with Gasteiger partial charge in [-0.1, -0.05) is 18.2 Å². The summed E-state index contributed by atoms with van der Waals surface area (Å²) in [6.45, 7) is 5.77. The average molecular weight is 383 g/mol. The number of hydrogen-bond donors (Lipinski definition) is 0. The number of carbonyl (C=O) groups is 1. The molecule has 28 heavy (non-hydrogen) atoms. The van der Waals surface area contributed by atoms with Gasteiger partial charge in [-0.3, -0.25) is 4.79 Å². The number of nitrogens with zero attached hydrogens (tertiary/aromatic N) is 4. The van der Waals surface area contributed by atoms with Crippen LogP contribution in [0.3, 0.4) is 0 Å². The van der Waals surface area contributed by atoms with Crippen LogP contribution in [0.15, 0.2) is 36.8 Å². The Morgan fingerprint density at radius 3 is 2.96 bits per heavy atom. The lowest BCUT2D eigenvalue weighted by Gasteiger charge is -2.35. The Kier molecular flexibility index (Phi) is 6.98. The fourth-order valence-electron chi connectivity index (χ4n) is 3.97. The number of methoxy groups -OCH3 is 1. The Morgan fingerprint density at radius 1 is 1.36 bits per heavy atom. The van der Waals surface area contributed by atoms with Crippen molar-refractivity contribution >= 4 is 5.91 Å². The van der Waals surface area contributed by atoms with Crippen LogP contribution in [-0.2, 0) is 6.42 Å². The molecule has 1 unspecified atom stereocenters. The minimum Gasteiger partial charge on any atom is -0.496 e. The third-order valence-corrected chi connectivity index (χ3v) is 5.51. The van der Waals surface area contributed by atoms with Crippen molar-refractivity contribution < 1.29 is 9.53 Å². The summed E-state index contributed by atoms with van der Waals surface area (Å²) in [5, 5.41) is 0. The van der Waals surface area contributed by atoms with Crippen molar-refractivity contribution in [1.29, 1.82) is 0 Å². The first-order valence-corrected chi connectivity index (χ1v) is 9.94. The van der Waals surface area contributed by atoms with Gasteiger partial charge in [0.25, 0.3) is 5.91 Å². The van der Waals surface area contributed by atoms with Gasteiger partial charge >= 0.3 is 0 Å². The Hall–Kier alpha value is -2.47. The highest BCUT2D eigenvalue weighted by atomic mass is 16.5. The van der Waals surface area contributed by atoms with Gasteiger partial charge in [0.1, 0.15) is 12.1 Å². The smallest absolute Gasteiger partial charge is 0.257 e. The number of hydrogen-bond acceptors (Lipinski definition) is 5. The van der Waals surface area contributed by atoms with E-state index in [9.17, 15) is 4.79 Å². The summed E-state index contributed by atoms with van der Waals surface area (Å²) in [4.78, 5) is 25.2. The molecule has 3 rings (SSSR count). The van der Waals surface area contributed by atoms with E-state index in [1.165, 1.54) is 18.3 Å². The topological polar surface area (TPSA) is 58.6 Å². The number of carbonyl (C=O) groups excluding carboxylic acids is 1. The fourth-order valence-corrected chi connectivity index (χ4v) is 3.97. The van der Waals surface area contributed by atoms with Crippen molar-refractivity contribution in [3.8, 4) is 5.75 Å². The molecule has 2 aromatic rings. The van der Waals surface area contributed by atoms with E-state index in [2.05, 4.69) is 27.0 Å². The van der Waals surface area contributed by atoms with E-state index in [1.807, 2.05) is 31.0 Å². The Morgan fingerprint density at radius 2 is 2.18 bits per heavy atom. The Labute approximate surface area is 167 Å². The molecule has 1 atom stereocenters. The molecule has 1 saturated heterocycles. The molecule has 1 aliphatic heterocycles. The second-order valence-corrected chi connectivity index (χ2v) is 7.58. The van der Waals surface area contributed by atoms with Gasteiger partial charge in [-0.05, 0) is 50.3 Å². The summed E-state index contributed by atoms with van der Waals surface area (Å²) in [5.74, 6) is 1.45. The quantitative estimate of drug-likeness (QED) is 0.737. The van der Waals surface area contributed by atoms with Gasteiger partial charge in [0.05, 0.1) is 18.4 Å². The van der Waals surface area contributed by atoms with E-state index in [0.717, 1.165) is 50.5 Å². The van der Waals surface area contributed by atoms with E-state index in [-0.39, 0.29) is 5.91 Å². The maximum absolute atomic E-state index is 12.7. The van der Waals surface area contributed by atoms with Gasteiger partial charge in [0.2, 0.25) is 0 Å². The van der Waals surface area contributed by atoms with E-state index in [4.69, 9.17) is 4.74 Å². The molecule has 6 nitrogen and oxygen atoms in total. The zero-order chi connectivity index (χ0) is 19.9. The van der Waals surface area contributed by atoms with Gasteiger partial charge in [-0.15, -0.1) is 0 Å². The van der Waals surface area contributed by atoms with Crippen LogP contribution in [-0.4, -0.2) is 66.0 Å². The minimum atomic E-state index is 0.00393. The summed E-state index contributed by atoms with van der Waals surface area (Å²) >= 11 is 0. The molecule has 1 aromatic heterocycles. The number of aryl methyl sites for hydroxylation is 1. The molecule has 150 valence electrons.